The number of aromatic nitrogens is 2. The number of rotatable bonds is 8. The highest BCUT2D eigenvalue weighted by atomic mass is 16.5. The smallest absolute Gasteiger partial charge is 0.270 e. The molecule has 7 nitrogen and oxygen atoms in total. The van der Waals surface area contributed by atoms with Crippen LogP contribution >= 0.6 is 0 Å². The average molecular weight is 378 g/mol. The van der Waals surface area contributed by atoms with Crippen LogP contribution in [0.1, 0.15) is 16.1 Å². The summed E-state index contributed by atoms with van der Waals surface area (Å²) in [6.45, 7) is 0.504. The molecule has 3 rings (SSSR count). The van der Waals surface area contributed by atoms with Gasteiger partial charge in [0.05, 0.1) is 19.9 Å². The average Bonchev–Trinajstić information content (AvgIpc) is 2.75. The van der Waals surface area contributed by atoms with E-state index in [1.165, 1.54) is 6.33 Å². The van der Waals surface area contributed by atoms with Gasteiger partial charge in [-0.2, -0.15) is 0 Å². The number of nitrogens with one attached hydrogen (secondary N) is 2. The number of anilines is 2. The van der Waals surface area contributed by atoms with Crippen molar-refractivity contribution in [2.45, 2.75) is 6.42 Å². The number of carbonyl (C=O) groups excluding carboxylic acids is 1. The van der Waals surface area contributed by atoms with E-state index in [1.54, 1.807) is 20.3 Å². The third-order valence-electron chi connectivity index (χ3n) is 4.13. The fourth-order valence-electron chi connectivity index (χ4n) is 2.64. The summed E-state index contributed by atoms with van der Waals surface area (Å²) >= 11 is 0. The summed E-state index contributed by atoms with van der Waals surface area (Å²) in [4.78, 5) is 20.6. The molecule has 0 fully saturated rings. The molecule has 0 atom stereocenters. The molecule has 1 amide bonds. The Hall–Kier alpha value is -3.61. The number of para-hydroxylation sites is 2. The van der Waals surface area contributed by atoms with Gasteiger partial charge in [-0.05, 0) is 36.2 Å². The van der Waals surface area contributed by atoms with Crippen LogP contribution in [0.3, 0.4) is 0 Å². The Kier molecular flexibility index (Phi) is 6.41. The van der Waals surface area contributed by atoms with Gasteiger partial charge >= 0.3 is 0 Å². The molecule has 0 aliphatic heterocycles. The lowest BCUT2D eigenvalue weighted by molar-refractivity contribution is 0.0949. The SMILES string of the molecule is COc1ccc(CCNC(=O)c2cc(Nc3ccccc3OC)ncn2)cc1. The van der Waals surface area contributed by atoms with Crippen LogP contribution in [0.4, 0.5) is 11.5 Å². The fraction of sp³-hybridized carbons (Fsp3) is 0.190. The number of ether oxygens (including phenoxy) is 2. The lowest BCUT2D eigenvalue weighted by atomic mass is 10.1. The molecule has 0 aliphatic carbocycles. The maximum atomic E-state index is 12.4. The molecule has 2 N–H and O–H groups in total. The van der Waals surface area contributed by atoms with Crippen LogP contribution in [0.25, 0.3) is 0 Å². The van der Waals surface area contributed by atoms with Crippen molar-refractivity contribution in [2.75, 3.05) is 26.1 Å². The standard InChI is InChI=1S/C21H22N4O3/c1-27-16-9-7-15(8-10-16)11-12-22-21(26)18-13-20(24-14-23-18)25-17-5-3-4-6-19(17)28-2/h3-10,13-14H,11-12H2,1-2H3,(H,22,26)(H,23,24,25). The van der Waals surface area contributed by atoms with E-state index in [1.807, 2.05) is 48.5 Å². The van der Waals surface area contributed by atoms with E-state index < -0.39 is 0 Å². The molecule has 7 heteroatoms. The zero-order chi connectivity index (χ0) is 19.8. The van der Waals surface area contributed by atoms with Crippen molar-refractivity contribution in [2.24, 2.45) is 0 Å². The number of hydrogen-bond donors (Lipinski definition) is 2. The molecule has 28 heavy (non-hydrogen) atoms. The lowest BCUT2D eigenvalue weighted by Crippen LogP contribution is -2.26. The highest BCUT2D eigenvalue weighted by molar-refractivity contribution is 5.93. The highest BCUT2D eigenvalue weighted by Gasteiger charge is 2.10. The zero-order valence-electron chi connectivity index (χ0n) is 15.8. The molecule has 2 aromatic carbocycles. The van der Waals surface area contributed by atoms with Crippen LogP contribution in [-0.2, 0) is 6.42 Å². The highest BCUT2D eigenvalue weighted by Crippen LogP contribution is 2.26. The Morgan fingerprint density at radius 2 is 1.79 bits per heavy atom. The third kappa shape index (κ3) is 4.97. The van der Waals surface area contributed by atoms with Crippen molar-refractivity contribution in [1.82, 2.24) is 15.3 Å². The molecule has 0 radical (unpaired) electrons. The summed E-state index contributed by atoms with van der Waals surface area (Å²) in [6, 6.07) is 16.8. The third-order valence-corrected chi connectivity index (χ3v) is 4.13. The van der Waals surface area contributed by atoms with E-state index >= 15 is 0 Å². The van der Waals surface area contributed by atoms with Crippen LogP contribution in [-0.4, -0.2) is 36.6 Å². The monoisotopic (exact) mass is 378 g/mol. The minimum atomic E-state index is -0.251. The predicted molar refractivity (Wildman–Crippen MR) is 107 cm³/mol. The van der Waals surface area contributed by atoms with Gasteiger partial charge in [0.25, 0.3) is 5.91 Å². The first-order valence-electron chi connectivity index (χ1n) is 8.83. The van der Waals surface area contributed by atoms with Gasteiger partial charge in [-0.3, -0.25) is 4.79 Å². The van der Waals surface area contributed by atoms with Gasteiger partial charge in [0.2, 0.25) is 0 Å². The molecule has 0 spiro atoms. The van der Waals surface area contributed by atoms with E-state index in [9.17, 15) is 4.79 Å². The second-order valence-electron chi connectivity index (χ2n) is 5.97. The zero-order valence-corrected chi connectivity index (χ0v) is 15.8. The van der Waals surface area contributed by atoms with Crippen LogP contribution < -0.4 is 20.1 Å². The minimum absolute atomic E-state index is 0.251. The van der Waals surface area contributed by atoms with Crippen LogP contribution in [0, 0.1) is 0 Å². The van der Waals surface area contributed by atoms with Crippen molar-refractivity contribution < 1.29 is 14.3 Å². The number of methoxy groups -OCH3 is 2. The maximum Gasteiger partial charge on any atom is 0.270 e. The first-order valence-corrected chi connectivity index (χ1v) is 8.83. The molecule has 0 saturated carbocycles. The first kappa shape index (κ1) is 19.2. The summed E-state index contributed by atoms with van der Waals surface area (Å²) in [5, 5.41) is 6.02. The van der Waals surface area contributed by atoms with Gasteiger partial charge in [0, 0.05) is 12.6 Å². The van der Waals surface area contributed by atoms with Crippen LogP contribution in [0.5, 0.6) is 11.5 Å². The van der Waals surface area contributed by atoms with E-state index in [2.05, 4.69) is 20.6 Å². The summed E-state index contributed by atoms with van der Waals surface area (Å²) in [7, 11) is 3.23. The van der Waals surface area contributed by atoms with Gasteiger partial charge in [-0.1, -0.05) is 24.3 Å². The molecule has 144 valence electrons. The van der Waals surface area contributed by atoms with Crippen LogP contribution in [0.2, 0.25) is 0 Å². The molecule has 0 bridgehead atoms. The number of nitrogens with zero attached hydrogens (tertiary/aromatic N) is 2. The predicted octanol–water partition coefficient (Wildman–Crippen LogP) is 3.21. The first-order chi connectivity index (χ1) is 13.7. The van der Waals surface area contributed by atoms with E-state index in [0.717, 1.165) is 17.0 Å². The Bertz CT molecular complexity index is 929. The quantitative estimate of drug-likeness (QED) is 0.626. The van der Waals surface area contributed by atoms with Gasteiger partial charge in [0.15, 0.2) is 0 Å². The normalized spacial score (nSPS) is 10.2. The van der Waals surface area contributed by atoms with Crippen molar-refractivity contribution in [3.8, 4) is 11.5 Å². The van der Waals surface area contributed by atoms with Crippen LogP contribution in [0.15, 0.2) is 60.9 Å². The number of carbonyl (C=O) groups is 1. The number of hydrogen-bond acceptors (Lipinski definition) is 6. The molecule has 3 aromatic rings. The Balaban J connectivity index is 1.58. The van der Waals surface area contributed by atoms with E-state index in [-0.39, 0.29) is 5.91 Å². The van der Waals surface area contributed by atoms with Gasteiger partial charge < -0.3 is 20.1 Å². The lowest BCUT2D eigenvalue weighted by Gasteiger charge is -2.11. The topological polar surface area (TPSA) is 85.4 Å². The Morgan fingerprint density at radius 1 is 1.00 bits per heavy atom. The number of amides is 1. The van der Waals surface area contributed by atoms with Crippen molar-refractivity contribution >= 4 is 17.4 Å². The van der Waals surface area contributed by atoms with Crippen molar-refractivity contribution in [3.63, 3.8) is 0 Å². The molecular weight excluding hydrogens is 356 g/mol. The fourth-order valence-corrected chi connectivity index (χ4v) is 2.64. The van der Waals surface area contributed by atoms with Gasteiger partial charge in [-0.25, -0.2) is 9.97 Å². The molecule has 1 aromatic heterocycles. The molecule has 0 saturated heterocycles. The molecule has 1 heterocycles. The Labute approximate surface area is 163 Å². The second kappa shape index (κ2) is 9.36. The van der Waals surface area contributed by atoms with Gasteiger partial charge in [-0.15, -0.1) is 0 Å². The largest absolute Gasteiger partial charge is 0.497 e. The second-order valence-corrected chi connectivity index (χ2v) is 5.97. The minimum Gasteiger partial charge on any atom is -0.497 e. The Morgan fingerprint density at radius 3 is 2.54 bits per heavy atom. The summed E-state index contributed by atoms with van der Waals surface area (Å²) < 4.78 is 10.5. The number of benzene rings is 2. The van der Waals surface area contributed by atoms with E-state index in [0.29, 0.717) is 30.2 Å². The summed E-state index contributed by atoms with van der Waals surface area (Å²) in [6.07, 6.45) is 2.07. The maximum absolute atomic E-state index is 12.4. The van der Waals surface area contributed by atoms with Crippen molar-refractivity contribution in [1.29, 1.82) is 0 Å². The van der Waals surface area contributed by atoms with E-state index in [4.69, 9.17) is 9.47 Å². The summed E-state index contributed by atoms with van der Waals surface area (Å²) in [5.41, 5.74) is 2.17. The van der Waals surface area contributed by atoms with Gasteiger partial charge in [0.1, 0.15) is 29.3 Å². The summed E-state index contributed by atoms with van der Waals surface area (Å²) in [5.74, 6) is 1.76. The molecule has 0 unspecified atom stereocenters. The molecule has 0 aliphatic rings. The molecular formula is C21H22N4O3. The van der Waals surface area contributed by atoms with Crippen molar-refractivity contribution in [3.05, 3.63) is 72.2 Å².